The molecule has 40 heavy (non-hydrogen) atoms. The van der Waals surface area contributed by atoms with Crippen molar-refractivity contribution in [2.45, 2.75) is 26.4 Å². The lowest BCUT2D eigenvalue weighted by Crippen LogP contribution is -2.65. The molecule has 0 aliphatic carbocycles. The molecule has 0 fully saturated rings. The quantitative estimate of drug-likeness (QED) is 0.267. The normalized spacial score (nSPS) is 16.4. The van der Waals surface area contributed by atoms with E-state index in [1.165, 1.54) is 5.01 Å². The van der Waals surface area contributed by atoms with E-state index in [0.717, 1.165) is 24.3 Å². The van der Waals surface area contributed by atoms with Crippen molar-refractivity contribution in [1.82, 2.24) is 5.32 Å². The van der Waals surface area contributed by atoms with Gasteiger partial charge >= 0.3 is 5.91 Å². The van der Waals surface area contributed by atoms with E-state index in [9.17, 15) is 9.59 Å². The molecule has 4 aromatic rings. The Hall–Kier alpha value is -4.91. The average Bonchev–Trinajstić information content (AvgIpc) is 3.27. The maximum absolute atomic E-state index is 14.4. The molecule has 0 radical (unpaired) electrons. The van der Waals surface area contributed by atoms with Crippen LogP contribution in [0.5, 0.6) is 0 Å². The zero-order valence-corrected chi connectivity index (χ0v) is 23.0. The minimum Gasteiger partial charge on any atom is -0.372 e. The lowest BCUT2D eigenvalue weighted by molar-refractivity contribution is -0.120. The van der Waals surface area contributed by atoms with E-state index in [1.54, 1.807) is 12.1 Å². The SMILES string of the molecule is CCN(CC)c1ccc(NC2(NC(=O)c3ccc(C)cc3)C(=O)N(c3ccccc3)N=C2c2ccccc2)cc1. The number of rotatable bonds is 9. The Bertz CT molecular complexity index is 1500. The van der Waals surface area contributed by atoms with Gasteiger partial charge in [-0.3, -0.25) is 9.59 Å². The van der Waals surface area contributed by atoms with E-state index >= 15 is 0 Å². The maximum atomic E-state index is 14.4. The third kappa shape index (κ3) is 5.18. The highest BCUT2D eigenvalue weighted by Crippen LogP contribution is 2.32. The zero-order chi connectivity index (χ0) is 28.1. The molecule has 1 aliphatic heterocycles. The first-order chi connectivity index (χ1) is 19.4. The van der Waals surface area contributed by atoms with Gasteiger partial charge in [0.2, 0.25) is 5.66 Å². The van der Waals surface area contributed by atoms with Crippen LogP contribution in [0.1, 0.15) is 35.3 Å². The number of carbonyl (C=O) groups is 2. The van der Waals surface area contributed by atoms with Gasteiger partial charge < -0.3 is 15.5 Å². The highest BCUT2D eigenvalue weighted by atomic mass is 16.2. The highest BCUT2D eigenvalue weighted by Gasteiger charge is 2.54. The zero-order valence-electron chi connectivity index (χ0n) is 23.0. The van der Waals surface area contributed by atoms with Crippen molar-refractivity contribution >= 4 is 34.6 Å². The number of aryl methyl sites for hydroxylation is 1. The number of para-hydroxylation sites is 1. The van der Waals surface area contributed by atoms with Gasteiger partial charge in [-0.05, 0) is 69.3 Å². The molecule has 2 amide bonds. The number of amides is 2. The van der Waals surface area contributed by atoms with Crippen LogP contribution in [0.25, 0.3) is 0 Å². The van der Waals surface area contributed by atoms with E-state index < -0.39 is 11.6 Å². The Kier molecular flexibility index (Phi) is 7.64. The van der Waals surface area contributed by atoms with Crippen LogP contribution in [0.2, 0.25) is 0 Å². The van der Waals surface area contributed by atoms with Crippen LogP contribution in [-0.4, -0.2) is 36.3 Å². The average molecular weight is 532 g/mol. The molecule has 0 aromatic heterocycles. The molecule has 0 bridgehead atoms. The van der Waals surface area contributed by atoms with Crippen molar-refractivity contribution in [2.75, 3.05) is 28.3 Å². The summed E-state index contributed by atoms with van der Waals surface area (Å²) in [6.45, 7) is 7.96. The lowest BCUT2D eigenvalue weighted by atomic mass is 9.95. The first-order valence-corrected chi connectivity index (χ1v) is 13.5. The predicted octanol–water partition coefficient (Wildman–Crippen LogP) is 5.83. The summed E-state index contributed by atoms with van der Waals surface area (Å²) in [6.07, 6.45) is 0. The van der Waals surface area contributed by atoms with Crippen molar-refractivity contribution in [3.63, 3.8) is 0 Å². The summed E-state index contributed by atoms with van der Waals surface area (Å²) in [6, 6.07) is 33.8. The molecule has 202 valence electrons. The van der Waals surface area contributed by atoms with Gasteiger partial charge in [-0.25, -0.2) is 0 Å². The van der Waals surface area contributed by atoms with Gasteiger partial charge in [-0.15, -0.1) is 0 Å². The van der Waals surface area contributed by atoms with Crippen molar-refractivity contribution in [3.8, 4) is 0 Å². The van der Waals surface area contributed by atoms with Crippen LogP contribution < -0.4 is 20.5 Å². The van der Waals surface area contributed by atoms with Gasteiger partial charge in [0.1, 0.15) is 5.71 Å². The highest BCUT2D eigenvalue weighted by molar-refractivity contribution is 6.31. The summed E-state index contributed by atoms with van der Waals surface area (Å²) in [5.41, 5.74) is 3.28. The van der Waals surface area contributed by atoms with Crippen LogP contribution in [-0.2, 0) is 4.79 Å². The van der Waals surface area contributed by atoms with Crippen molar-refractivity contribution in [2.24, 2.45) is 5.10 Å². The first kappa shape index (κ1) is 26.7. The van der Waals surface area contributed by atoms with E-state index in [-0.39, 0.29) is 5.91 Å². The van der Waals surface area contributed by atoms with E-state index in [0.29, 0.717) is 28.2 Å². The Morgan fingerprint density at radius 2 is 1.43 bits per heavy atom. The predicted molar refractivity (Wildman–Crippen MR) is 162 cm³/mol. The first-order valence-electron chi connectivity index (χ1n) is 13.5. The molecule has 1 aliphatic rings. The molecule has 1 unspecified atom stereocenters. The second-order valence-corrected chi connectivity index (χ2v) is 9.68. The van der Waals surface area contributed by atoms with E-state index in [2.05, 4.69) is 29.4 Å². The number of hydrazone groups is 1. The molecule has 2 N–H and O–H groups in total. The maximum Gasteiger partial charge on any atom is 0.300 e. The number of hydrogen-bond acceptors (Lipinski definition) is 5. The third-order valence-corrected chi connectivity index (χ3v) is 7.06. The van der Waals surface area contributed by atoms with Gasteiger partial charge in [0.15, 0.2) is 0 Å². The molecule has 1 atom stereocenters. The monoisotopic (exact) mass is 531 g/mol. The Balaban J connectivity index is 1.62. The summed E-state index contributed by atoms with van der Waals surface area (Å²) < 4.78 is 0. The second-order valence-electron chi connectivity index (χ2n) is 9.68. The van der Waals surface area contributed by atoms with Gasteiger partial charge in [0.25, 0.3) is 5.91 Å². The summed E-state index contributed by atoms with van der Waals surface area (Å²) in [5.74, 6) is -0.801. The molecular weight excluding hydrogens is 498 g/mol. The Morgan fingerprint density at radius 3 is 2.02 bits per heavy atom. The minimum absolute atomic E-state index is 0.390. The van der Waals surface area contributed by atoms with Crippen LogP contribution in [0.3, 0.4) is 0 Å². The number of nitrogens with one attached hydrogen (secondary N) is 2. The van der Waals surface area contributed by atoms with Crippen LogP contribution in [0.15, 0.2) is 114 Å². The lowest BCUT2D eigenvalue weighted by Gasteiger charge is -2.32. The largest absolute Gasteiger partial charge is 0.372 e. The number of benzene rings is 4. The summed E-state index contributed by atoms with van der Waals surface area (Å²) in [5, 5.41) is 12.6. The van der Waals surface area contributed by atoms with Crippen molar-refractivity contribution < 1.29 is 9.59 Å². The summed E-state index contributed by atoms with van der Waals surface area (Å²) in [4.78, 5) is 30.4. The number of nitrogens with zero attached hydrogens (tertiary/aromatic N) is 3. The fourth-order valence-corrected chi connectivity index (χ4v) is 4.86. The van der Waals surface area contributed by atoms with Crippen LogP contribution in [0.4, 0.5) is 17.1 Å². The molecular formula is C33H33N5O2. The minimum atomic E-state index is -1.67. The third-order valence-electron chi connectivity index (χ3n) is 7.06. The molecule has 7 heteroatoms. The van der Waals surface area contributed by atoms with E-state index in [1.807, 2.05) is 104 Å². The van der Waals surface area contributed by atoms with Crippen molar-refractivity contribution in [1.29, 1.82) is 0 Å². The number of carbonyl (C=O) groups excluding carboxylic acids is 2. The van der Waals surface area contributed by atoms with Gasteiger partial charge in [0.05, 0.1) is 5.69 Å². The number of anilines is 3. The van der Waals surface area contributed by atoms with Gasteiger partial charge in [0, 0.05) is 35.6 Å². The second kappa shape index (κ2) is 11.5. The van der Waals surface area contributed by atoms with Gasteiger partial charge in [-0.2, -0.15) is 10.1 Å². The molecule has 0 saturated carbocycles. The molecule has 4 aromatic carbocycles. The molecule has 7 nitrogen and oxygen atoms in total. The fourth-order valence-electron chi connectivity index (χ4n) is 4.86. The molecule has 5 rings (SSSR count). The standard InChI is InChI=1S/C33H33N5O2/c1-4-37(5-2)28-22-20-27(21-23-28)34-33(35-31(39)26-18-16-24(3)17-19-26)30(25-12-8-6-9-13-25)36-38(32(33)40)29-14-10-7-11-15-29/h6-23,34H,4-5H2,1-3H3,(H,35,39). The molecule has 1 heterocycles. The van der Waals surface area contributed by atoms with Gasteiger partial charge in [-0.1, -0.05) is 66.2 Å². The Morgan fingerprint density at radius 1 is 0.825 bits per heavy atom. The summed E-state index contributed by atoms with van der Waals surface area (Å²) >= 11 is 0. The van der Waals surface area contributed by atoms with Crippen molar-refractivity contribution in [3.05, 3.63) is 126 Å². The molecule has 0 saturated heterocycles. The summed E-state index contributed by atoms with van der Waals surface area (Å²) in [7, 11) is 0. The smallest absolute Gasteiger partial charge is 0.300 e. The van der Waals surface area contributed by atoms with Crippen LogP contribution >= 0.6 is 0 Å². The van der Waals surface area contributed by atoms with Crippen LogP contribution in [0, 0.1) is 6.92 Å². The molecule has 0 spiro atoms. The topological polar surface area (TPSA) is 77.0 Å². The van der Waals surface area contributed by atoms with E-state index in [4.69, 9.17) is 5.10 Å². The fraction of sp³-hybridized carbons (Fsp3) is 0.182. The Labute approximate surface area is 235 Å². The number of hydrogen-bond donors (Lipinski definition) is 2.